The van der Waals surface area contributed by atoms with Gasteiger partial charge in [0.1, 0.15) is 30.1 Å². The molecule has 2 heterocycles. The molecule has 1 N–H and O–H groups in total. The summed E-state index contributed by atoms with van der Waals surface area (Å²) in [4.78, 5) is 13.9. The number of piperazine rings is 1. The van der Waals surface area contributed by atoms with Crippen molar-refractivity contribution in [3.63, 3.8) is 0 Å². The number of aliphatic hydroxyl groups is 1. The predicted molar refractivity (Wildman–Crippen MR) is 107 cm³/mol. The number of benzene rings is 1. The number of nitrogens with zero attached hydrogens (tertiary/aromatic N) is 4. The topological polar surface area (TPSA) is 61.7 Å². The van der Waals surface area contributed by atoms with Crippen LogP contribution in [0.4, 0.5) is 5.82 Å². The first-order valence-corrected chi connectivity index (χ1v) is 9.70. The zero-order valence-corrected chi connectivity index (χ0v) is 16.5. The molecule has 1 fully saturated rings. The first-order chi connectivity index (χ1) is 13.0. The Morgan fingerprint density at radius 1 is 1.07 bits per heavy atom. The maximum Gasteiger partial charge on any atom is 0.133 e. The van der Waals surface area contributed by atoms with Gasteiger partial charge in [-0.3, -0.25) is 4.90 Å². The van der Waals surface area contributed by atoms with E-state index in [1.807, 2.05) is 37.3 Å². The molecule has 1 unspecified atom stereocenters. The highest BCUT2D eigenvalue weighted by molar-refractivity contribution is 5.40. The van der Waals surface area contributed by atoms with Gasteiger partial charge in [-0.05, 0) is 19.1 Å². The second-order valence-electron chi connectivity index (χ2n) is 7.45. The minimum atomic E-state index is -0.495. The lowest BCUT2D eigenvalue weighted by atomic mass is 10.2. The van der Waals surface area contributed by atoms with Crippen LogP contribution >= 0.6 is 0 Å². The molecule has 1 aromatic carbocycles. The van der Waals surface area contributed by atoms with E-state index < -0.39 is 6.10 Å². The maximum atomic E-state index is 10.3. The van der Waals surface area contributed by atoms with E-state index in [1.165, 1.54) is 0 Å². The van der Waals surface area contributed by atoms with Gasteiger partial charge in [0, 0.05) is 50.4 Å². The zero-order chi connectivity index (χ0) is 19.2. The van der Waals surface area contributed by atoms with E-state index in [1.54, 1.807) is 0 Å². The van der Waals surface area contributed by atoms with Gasteiger partial charge < -0.3 is 14.7 Å². The molecule has 1 saturated heterocycles. The fourth-order valence-electron chi connectivity index (χ4n) is 3.21. The number of hydrogen-bond acceptors (Lipinski definition) is 6. The van der Waals surface area contributed by atoms with Crippen LogP contribution in [0.3, 0.4) is 0 Å². The highest BCUT2D eigenvalue weighted by atomic mass is 16.5. The van der Waals surface area contributed by atoms with Gasteiger partial charge in [-0.2, -0.15) is 0 Å². The molecular formula is C21H30N4O2. The van der Waals surface area contributed by atoms with Gasteiger partial charge in [-0.1, -0.05) is 32.0 Å². The van der Waals surface area contributed by atoms with Crippen LogP contribution in [0.25, 0.3) is 0 Å². The summed E-state index contributed by atoms with van der Waals surface area (Å²) in [6, 6.07) is 11.7. The predicted octanol–water partition coefficient (Wildman–Crippen LogP) is 2.47. The summed E-state index contributed by atoms with van der Waals surface area (Å²) in [5.41, 5.74) is 1.01. The number of para-hydroxylation sites is 1. The van der Waals surface area contributed by atoms with E-state index in [-0.39, 0.29) is 0 Å². The molecule has 6 nitrogen and oxygen atoms in total. The molecule has 0 amide bonds. The van der Waals surface area contributed by atoms with Gasteiger partial charge in [-0.25, -0.2) is 9.97 Å². The fourth-order valence-corrected chi connectivity index (χ4v) is 3.21. The number of hydrogen-bond donors (Lipinski definition) is 1. The lowest BCUT2D eigenvalue weighted by Gasteiger charge is -2.36. The van der Waals surface area contributed by atoms with Crippen LogP contribution in [0.5, 0.6) is 5.75 Å². The molecule has 1 aliphatic heterocycles. The van der Waals surface area contributed by atoms with Crippen LogP contribution < -0.4 is 9.64 Å². The van der Waals surface area contributed by atoms with Crippen molar-refractivity contribution in [3.8, 4) is 5.75 Å². The van der Waals surface area contributed by atoms with Crippen molar-refractivity contribution in [1.82, 2.24) is 14.9 Å². The smallest absolute Gasteiger partial charge is 0.133 e. The van der Waals surface area contributed by atoms with Crippen LogP contribution in [-0.2, 0) is 0 Å². The summed E-state index contributed by atoms with van der Waals surface area (Å²) in [6.07, 6.45) is -0.495. The largest absolute Gasteiger partial charge is 0.491 e. The lowest BCUT2D eigenvalue weighted by Crippen LogP contribution is -2.49. The number of aryl methyl sites for hydroxylation is 1. The standard InChI is InChI=1S/C21H30N4O2/c1-16(2)21-22-17(3)13-20(23-21)25-11-9-24(10-12-25)14-18(26)15-27-19-7-5-4-6-8-19/h4-8,13,16,18,26H,9-12,14-15H2,1-3H3. The van der Waals surface area contributed by atoms with E-state index >= 15 is 0 Å². The Hall–Kier alpha value is -2.18. The van der Waals surface area contributed by atoms with Crippen LogP contribution in [-0.4, -0.2) is 65.4 Å². The average Bonchev–Trinajstić information content (AvgIpc) is 2.67. The molecule has 2 aromatic rings. The summed E-state index contributed by atoms with van der Waals surface area (Å²) in [7, 11) is 0. The molecule has 3 rings (SSSR count). The average molecular weight is 370 g/mol. The summed E-state index contributed by atoms with van der Waals surface area (Å²) in [6.45, 7) is 10.8. The van der Waals surface area contributed by atoms with E-state index in [4.69, 9.17) is 9.72 Å². The van der Waals surface area contributed by atoms with Crippen molar-refractivity contribution in [2.75, 3.05) is 44.2 Å². The molecule has 0 radical (unpaired) electrons. The van der Waals surface area contributed by atoms with Gasteiger partial charge in [-0.15, -0.1) is 0 Å². The number of β-amino-alcohol motifs (C(OH)–C–C–N with tert-alkyl or cyclic N) is 1. The van der Waals surface area contributed by atoms with E-state index in [9.17, 15) is 5.11 Å². The van der Waals surface area contributed by atoms with Gasteiger partial charge in [0.05, 0.1) is 0 Å². The van der Waals surface area contributed by atoms with E-state index in [0.29, 0.717) is 19.1 Å². The first-order valence-electron chi connectivity index (χ1n) is 9.70. The van der Waals surface area contributed by atoms with Crippen molar-refractivity contribution in [3.05, 3.63) is 47.9 Å². The minimum absolute atomic E-state index is 0.313. The number of aliphatic hydroxyl groups excluding tert-OH is 1. The molecule has 146 valence electrons. The monoisotopic (exact) mass is 370 g/mol. The van der Waals surface area contributed by atoms with Crippen molar-refractivity contribution in [2.45, 2.75) is 32.8 Å². The molecule has 6 heteroatoms. The Bertz CT molecular complexity index is 715. The number of anilines is 1. The van der Waals surface area contributed by atoms with Gasteiger partial charge >= 0.3 is 0 Å². The number of ether oxygens (including phenoxy) is 1. The molecule has 0 bridgehead atoms. The van der Waals surface area contributed by atoms with Crippen molar-refractivity contribution in [2.24, 2.45) is 0 Å². The van der Waals surface area contributed by atoms with Crippen LogP contribution in [0.15, 0.2) is 36.4 Å². The highest BCUT2D eigenvalue weighted by Crippen LogP contribution is 2.19. The van der Waals surface area contributed by atoms with E-state index in [0.717, 1.165) is 49.3 Å². The van der Waals surface area contributed by atoms with Crippen LogP contribution in [0.2, 0.25) is 0 Å². The maximum absolute atomic E-state index is 10.3. The first kappa shape index (κ1) is 19.6. The quantitative estimate of drug-likeness (QED) is 0.808. The molecule has 0 spiro atoms. The van der Waals surface area contributed by atoms with Gasteiger partial charge in [0.15, 0.2) is 0 Å². The fraction of sp³-hybridized carbons (Fsp3) is 0.524. The Kier molecular flexibility index (Phi) is 6.63. The Balaban J connectivity index is 1.47. The molecule has 0 aliphatic carbocycles. The second kappa shape index (κ2) is 9.15. The van der Waals surface area contributed by atoms with Crippen LogP contribution in [0.1, 0.15) is 31.3 Å². The van der Waals surface area contributed by atoms with Gasteiger partial charge in [0.25, 0.3) is 0 Å². The summed E-state index contributed by atoms with van der Waals surface area (Å²) < 4.78 is 5.64. The normalized spacial score (nSPS) is 16.6. The molecule has 1 atom stereocenters. The summed E-state index contributed by atoms with van der Waals surface area (Å²) >= 11 is 0. The molecule has 1 aromatic heterocycles. The molecular weight excluding hydrogens is 340 g/mol. The number of rotatable bonds is 7. The molecule has 27 heavy (non-hydrogen) atoms. The van der Waals surface area contributed by atoms with Crippen molar-refractivity contribution >= 4 is 5.82 Å². The molecule has 1 aliphatic rings. The Morgan fingerprint density at radius 3 is 2.44 bits per heavy atom. The highest BCUT2D eigenvalue weighted by Gasteiger charge is 2.21. The van der Waals surface area contributed by atoms with Crippen molar-refractivity contribution < 1.29 is 9.84 Å². The SMILES string of the molecule is Cc1cc(N2CCN(CC(O)COc3ccccc3)CC2)nc(C(C)C)n1. The Morgan fingerprint density at radius 2 is 1.78 bits per heavy atom. The minimum Gasteiger partial charge on any atom is -0.491 e. The third-order valence-electron chi connectivity index (χ3n) is 4.73. The number of aromatic nitrogens is 2. The second-order valence-corrected chi connectivity index (χ2v) is 7.45. The van der Waals surface area contributed by atoms with Crippen LogP contribution in [0, 0.1) is 6.92 Å². The van der Waals surface area contributed by atoms with Gasteiger partial charge in [0.2, 0.25) is 0 Å². The van der Waals surface area contributed by atoms with Crippen molar-refractivity contribution in [1.29, 1.82) is 0 Å². The lowest BCUT2D eigenvalue weighted by molar-refractivity contribution is 0.0662. The zero-order valence-electron chi connectivity index (χ0n) is 16.5. The third kappa shape index (κ3) is 5.65. The third-order valence-corrected chi connectivity index (χ3v) is 4.73. The Labute approximate surface area is 161 Å². The summed E-state index contributed by atoms with van der Waals surface area (Å²) in [5.74, 6) is 3.03. The summed E-state index contributed by atoms with van der Waals surface area (Å²) in [5, 5.41) is 10.3. The molecule has 0 saturated carbocycles. The van der Waals surface area contributed by atoms with E-state index in [2.05, 4.69) is 34.7 Å².